The first-order valence-corrected chi connectivity index (χ1v) is 22.7. The summed E-state index contributed by atoms with van der Waals surface area (Å²) in [6, 6.07) is 42.2. The van der Waals surface area contributed by atoms with Gasteiger partial charge in [-0.2, -0.15) is 0 Å². The van der Waals surface area contributed by atoms with E-state index in [2.05, 4.69) is 19.9 Å². The molecular weight excluding hydrogens is 789 g/mol. The average molecular weight is 849 g/mol. The highest BCUT2D eigenvalue weighted by atomic mass is 16.6. The Kier molecular flexibility index (Phi) is 16.1. The average Bonchev–Trinajstić information content (AvgIpc) is 3.31. The van der Waals surface area contributed by atoms with Gasteiger partial charge in [0.15, 0.2) is 12.2 Å². The molecule has 0 aromatic heterocycles. The molecule has 0 aliphatic rings. The normalized spacial score (nSPS) is 12.3. The van der Waals surface area contributed by atoms with E-state index in [0.717, 1.165) is 100 Å². The molecule has 63 heavy (non-hydrogen) atoms. The summed E-state index contributed by atoms with van der Waals surface area (Å²) in [5, 5.41) is 7.45. The van der Waals surface area contributed by atoms with E-state index in [9.17, 15) is 9.59 Å². The molecule has 0 saturated heterocycles. The van der Waals surface area contributed by atoms with Gasteiger partial charge in [-0.15, -0.1) is 0 Å². The van der Waals surface area contributed by atoms with Gasteiger partial charge in [0.05, 0.1) is 0 Å². The van der Waals surface area contributed by atoms with Gasteiger partial charge in [0.1, 0.15) is 49.4 Å². The molecule has 328 valence electrons. The van der Waals surface area contributed by atoms with Crippen molar-refractivity contribution in [3.63, 3.8) is 0 Å². The zero-order valence-electron chi connectivity index (χ0n) is 36.9. The first kappa shape index (κ1) is 44.8. The smallest absolute Gasteiger partial charge is 0.306 e. The molecule has 0 radical (unpaired) electrons. The molecule has 0 saturated carbocycles. The first-order valence-electron chi connectivity index (χ1n) is 22.7. The molecular formula is C55H60O8. The second-order valence-electron chi connectivity index (χ2n) is 16.3. The molecule has 7 aromatic rings. The number of hydrogen-bond acceptors (Lipinski definition) is 8. The second kappa shape index (κ2) is 22.7. The number of esters is 2. The van der Waals surface area contributed by atoms with E-state index in [1.807, 2.05) is 128 Å². The van der Waals surface area contributed by atoms with Crippen LogP contribution in [0.25, 0.3) is 43.1 Å². The number of rotatable bonds is 24. The highest BCUT2D eigenvalue weighted by Gasteiger charge is 2.23. The maximum Gasteiger partial charge on any atom is 0.306 e. The Labute approximate surface area is 371 Å². The standard InChI is InChI=1S/C55H60O8/c1-4-6-8-10-30-52(56)62-42(35-58-50-28-18-22-40-20-12-14-24-44(40)50)37-60-54-46-26-16-17-27-47(46)55(49-34-39(3)32-33-48(49)54)61-38-43(63-53(57)31-11-9-7-5-2)36-59-51-29-19-23-41-21-13-15-25-45(41)51/h12-29,32-34,42-43H,4-11,30-31,35-38H2,1-3H3. The number of unbranched alkanes of at least 4 members (excludes halogenated alkanes) is 6. The number of hydrogen-bond donors (Lipinski definition) is 0. The van der Waals surface area contributed by atoms with Crippen LogP contribution in [0.2, 0.25) is 0 Å². The number of fused-ring (bicyclic) bond motifs is 4. The summed E-state index contributed by atoms with van der Waals surface area (Å²) in [6.07, 6.45) is 7.13. The van der Waals surface area contributed by atoms with Gasteiger partial charge in [0, 0.05) is 45.2 Å². The van der Waals surface area contributed by atoms with Crippen molar-refractivity contribution in [1.82, 2.24) is 0 Å². The zero-order valence-corrected chi connectivity index (χ0v) is 36.9. The maximum atomic E-state index is 13.2. The highest BCUT2D eigenvalue weighted by molar-refractivity contribution is 6.11. The van der Waals surface area contributed by atoms with Crippen molar-refractivity contribution in [2.75, 3.05) is 26.4 Å². The molecule has 0 spiro atoms. The van der Waals surface area contributed by atoms with Crippen LogP contribution in [0.15, 0.2) is 127 Å². The van der Waals surface area contributed by atoms with Crippen LogP contribution in [0.5, 0.6) is 23.0 Å². The predicted octanol–water partition coefficient (Wildman–Crippen LogP) is 13.3. The Hall–Kier alpha value is -6.28. The van der Waals surface area contributed by atoms with Crippen molar-refractivity contribution in [3.05, 3.63) is 133 Å². The fraction of sp³-hybridized carbons (Fsp3) is 0.345. The third kappa shape index (κ3) is 12.0. The summed E-state index contributed by atoms with van der Waals surface area (Å²) in [6.45, 7) is 6.71. The molecule has 8 nitrogen and oxygen atoms in total. The quantitative estimate of drug-likeness (QED) is 0.0337. The highest BCUT2D eigenvalue weighted by Crippen LogP contribution is 2.43. The van der Waals surface area contributed by atoms with Crippen molar-refractivity contribution in [2.45, 2.75) is 97.2 Å². The molecule has 0 amide bonds. The van der Waals surface area contributed by atoms with Crippen molar-refractivity contribution in [3.8, 4) is 23.0 Å². The molecule has 0 heterocycles. The number of carbonyl (C=O) groups excluding carboxylic acids is 2. The van der Waals surface area contributed by atoms with Crippen molar-refractivity contribution in [1.29, 1.82) is 0 Å². The van der Waals surface area contributed by atoms with E-state index in [0.29, 0.717) is 35.8 Å². The molecule has 0 aliphatic carbocycles. The van der Waals surface area contributed by atoms with E-state index in [1.54, 1.807) is 0 Å². The minimum absolute atomic E-state index is 0.0699. The molecule has 0 bridgehead atoms. The molecule has 2 atom stereocenters. The number of ether oxygens (including phenoxy) is 6. The molecule has 7 aromatic carbocycles. The van der Waals surface area contributed by atoms with E-state index in [-0.39, 0.29) is 38.4 Å². The second-order valence-corrected chi connectivity index (χ2v) is 16.3. The van der Waals surface area contributed by atoms with Gasteiger partial charge >= 0.3 is 11.9 Å². The third-order valence-corrected chi connectivity index (χ3v) is 11.3. The lowest BCUT2D eigenvalue weighted by atomic mass is 9.99. The third-order valence-electron chi connectivity index (χ3n) is 11.3. The first-order chi connectivity index (χ1) is 30.9. The van der Waals surface area contributed by atoms with E-state index in [4.69, 9.17) is 28.4 Å². The van der Waals surface area contributed by atoms with Gasteiger partial charge < -0.3 is 28.4 Å². The monoisotopic (exact) mass is 848 g/mol. The molecule has 0 N–H and O–H groups in total. The lowest BCUT2D eigenvalue weighted by Crippen LogP contribution is -2.31. The van der Waals surface area contributed by atoms with Crippen LogP contribution >= 0.6 is 0 Å². The molecule has 8 heteroatoms. The summed E-state index contributed by atoms with van der Waals surface area (Å²) in [5.41, 5.74) is 1.04. The van der Waals surface area contributed by atoms with Crippen LogP contribution in [0.1, 0.15) is 83.6 Å². The molecule has 2 unspecified atom stereocenters. The topological polar surface area (TPSA) is 89.5 Å². The minimum atomic E-state index is -0.684. The number of benzene rings is 7. The van der Waals surface area contributed by atoms with Crippen molar-refractivity contribution in [2.24, 2.45) is 0 Å². The van der Waals surface area contributed by atoms with E-state index >= 15 is 0 Å². The molecule has 7 rings (SSSR count). The van der Waals surface area contributed by atoms with Gasteiger partial charge in [0.2, 0.25) is 0 Å². The fourth-order valence-corrected chi connectivity index (χ4v) is 8.00. The minimum Gasteiger partial charge on any atom is -0.489 e. The maximum absolute atomic E-state index is 13.2. The Balaban J connectivity index is 1.15. The van der Waals surface area contributed by atoms with Crippen LogP contribution in [-0.2, 0) is 19.1 Å². The van der Waals surface area contributed by atoms with Crippen LogP contribution in [0.3, 0.4) is 0 Å². The summed E-state index contributed by atoms with van der Waals surface area (Å²) in [7, 11) is 0. The summed E-state index contributed by atoms with van der Waals surface area (Å²) in [4.78, 5) is 26.5. The van der Waals surface area contributed by atoms with Gasteiger partial charge in [-0.1, -0.05) is 167 Å². The van der Waals surface area contributed by atoms with Crippen LogP contribution in [-0.4, -0.2) is 50.6 Å². The van der Waals surface area contributed by atoms with Crippen LogP contribution in [0.4, 0.5) is 0 Å². The van der Waals surface area contributed by atoms with Crippen LogP contribution < -0.4 is 18.9 Å². The molecule has 0 fully saturated rings. The van der Waals surface area contributed by atoms with Crippen LogP contribution in [0, 0.1) is 6.92 Å². The number of aryl methyl sites for hydroxylation is 1. The summed E-state index contributed by atoms with van der Waals surface area (Å²) in [5.74, 6) is 2.20. The number of carbonyl (C=O) groups is 2. The van der Waals surface area contributed by atoms with Gasteiger partial charge in [-0.3, -0.25) is 9.59 Å². The van der Waals surface area contributed by atoms with E-state index < -0.39 is 12.2 Å². The van der Waals surface area contributed by atoms with Gasteiger partial charge in [-0.25, -0.2) is 0 Å². The van der Waals surface area contributed by atoms with E-state index in [1.165, 1.54) is 0 Å². The van der Waals surface area contributed by atoms with Gasteiger partial charge in [-0.05, 0) is 48.7 Å². The lowest BCUT2D eigenvalue weighted by molar-refractivity contribution is -0.153. The van der Waals surface area contributed by atoms with Crippen molar-refractivity contribution >= 4 is 55.0 Å². The SMILES string of the molecule is CCCCCCC(=O)OC(COc1cccc2ccccc12)COc1c2ccccc2c(OCC(COc2cccc3ccccc23)OC(=O)CCCCCC)c2cc(C)ccc12. The fourth-order valence-electron chi connectivity index (χ4n) is 8.00. The predicted molar refractivity (Wildman–Crippen MR) is 253 cm³/mol. The van der Waals surface area contributed by atoms with Crippen molar-refractivity contribution < 1.29 is 38.0 Å². The Bertz CT molecular complexity index is 2590. The Morgan fingerprint density at radius 2 is 0.841 bits per heavy atom. The zero-order chi connectivity index (χ0) is 43.8. The lowest BCUT2D eigenvalue weighted by Gasteiger charge is -2.23. The summed E-state index contributed by atoms with van der Waals surface area (Å²) >= 11 is 0. The molecule has 0 aliphatic heterocycles. The largest absolute Gasteiger partial charge is 0.489 e. The Morgan fingerprint density at radius 1 is 0.429 bits per heavy atom. The summed E-state index contributed by atoms with van der Waals surface area (Å²) < 4.78 is 38.5. The van der Waals surface area contributed by atoms with Gasteiger partial charge in [0.25, 0.3) is 0 Å². The Morgan fingerprint density at radius 3 is 1.33 bits per heavy atom.